The highest BCUT2D eigenvalue weighted by atomic mass is 79.9. The lowest BCUT2D eigenvalue weighted by atomic mass is 10.0. The second-order valence-corrected chi connectivity index (χ2v) is 6.57. The molecule has 4 heteroatoms. The monoisotopic (exact) mass is 353 g/mol. The number of thiophene rings is 1. The lowest BCUT2D eigenvalue weighted by Gasteiger charge is -2.21. The molecule has 0 aliphatic rings. The first-order valence-corrected chi connectivity index (χ1v) is 8.45. The fourth-order valence-corrected chi connectivity index (χ4v) is 3.92. The van der Waals surface area contributed by atoms with Gasteiger partial charge in [0.2, 0.25) is 0 Å². The van der Waals surface area contributed by atoms with Gasteiger partial charge in [0.25, 0.3) is 0 Å². The fourth-order valence-electron chi connectivity index (χ4n) is 2.22. The SMILES string of the molecule is CCCNC(c1cc(C)ccc1OC)c1sccc1Br. The van der Waals surface area contributed by atoms with Gasteiger partial charge in [0.05, 0.1) is 13.2 Å². The molecule has 0 saturated heterocycles. The van der Waals surface area contributed by atoms with E-state index in [2.05, 4.69) is 58.7 Å². The summed E-state index contributed by atoms with van der Waals surface area (Å²) in [6.07, 6.45) is 1.10. The summed E-state index contributed by atoms with van der Waals surface area (Å²) in [4.78, 5) is 1.29. The van der Waals surface area contributed by atoms with E-state index in [4.69, 9.17) is 4.74 Å². The summed E-state index contributed by atoms with van der Waals surface area (Å²) in [6.45, 7) is 5.27. The van der Waals surface area contributed by atoms with Gasteiger partial charge in [-0.25, -0.2) is 0 Å². The highest BCUT2D eigenvalue weighted by molar-refractivity contribution is 9.10. The van der Waals surface area contributed by atoms with Crippen LogP contribution in [0, 0.1) is 6.92 Å². The molecule has 0 saturated carbocycles. The summed E-state index contributed by atoms with van der Waals surface area (Å²) >= 11 is 5.41. The number of hydrogen-bond donors (Lipinski definition) is 1. The van der Waals surface area contributed by atoms with Gasteiger partial charge >= 0.3 is 0 Å². The first-order valence-electron chi connectivity index (χ1n) is 6.78. The quantitative estimate of drug-likeness (QED) is 0.795. The van der Waals surface area contributed by atoms with Crippen molar-refractivity contribution in [1.82, 2.24) is 5.32 Å². The fraction of sp³-hybridized carbons (Fsp3) is 0.375. The molecule has 2 rings (SSSR count). The van der Waals surface area contributed by atoms with Crippen LogP contribution in [0.5, 0.6) is 5.75 Å². The van der Waals surface area contributed by atoms with E-state index in [1.54, 1.807) is 18.4 Å². The molecule has 0 radical (unpaired) electrons. The van der Waals surface area contributed by atoms with Gasteiger partial charge in [-0.3, -0.25) is 0 Å². The second-order valence-electron chi connectivity index (χ2n) is 4.77. The van der Waals surface area contributed by atoms with Gasteiger partial charge in [-0.15, -0.1) is 11.3 Å². The molecule has 0 aliphatic carbocycles. The Morgan fingerprint density at radius 3 is 2.75 bits per heavy atom. The predicted molar refractivity (Wildman–Crippen MR) is 89.9 cm³/mol. The van der Waals surface area contributed by atoms with Crippen molar-refractivity contribution < 1.29 is 4.74 Å². The van der Waals surface area contributed by atoms with Crippen molar-refractivity contribution >= 4 is 27.3 Å². The number of nitrogens with one attached hydrogen (secondary N) is 1. The average molecular weight is 354 g/mol. The molecule has 1 heterocycles. The number of halogens is 1. The van der Waals surface area contributed by atoms with Crippen molar-refractivity contribution in [1.29, 1.82) is 0 Å². The Bertz CT molecular complexity index is 567. The van der Waals surface area contributed by atoms with Crippen LogP contribution in [0.4, 0.5) is 0 Å². The Kier molecular flexibility index (Phi) is 5.64. The third kappa shape index (κ3) is 3.43. The molecule has 0 fully saturated rings. The van der Waals surface area contributed by atoms with Gasteiger partial charge in [-0.05, 0) is 53.3 Å². The van der Waals surface area contributed by atoms with Crippen LogP contribution in [0.15, 0.2) is 34.1 Å². The molecule has 2 nitrogen and oxygen atoms in total. The molecule has 0 spiro atoms. The van der Waals surface area contributed by atoms with Crippen LogP contribution in [0.2, 0.25) is 0 Å². The molecule has 108 valence electrons. The summed E-state index contributed by atoms with van der Waals surface area (Å²) in [5.74, 6) is 0.935. The van der Waals surface area contributed by atoms with Crippen molar-refractivity contribution in [3.8, 4) is 5.75 Å². The molecule has 1 aromatic carbocycles. The molecule has 0 bridgehead atoms. The van der Waals surface area contributed by atoms with Crippen LogP contribution < -0.4 is 10.1 Å². The van der Waals surface area contributed by atoms with E-state index >= 15 is 0 Å². The van der Waals surface area contributed by atoms with Crippen molar-refractivity contribution in [2.45, 2.75) is 26.3 Å². The highest BCUT2D eigenvalue weighted by Crippen LogP contribution is 2.37. The third-order valence-electron chi connectivity index (χ3n) is 3.20. The van der Waals surface area contributed by atoms with Crippen LogP contribution in [-0.2, 0) is 0 Å². The number of hydrogen-bond acceptors (Lipinski definition) is 3. The Hall–Kier alpha value is -0.840. The second kappa shape index (κ2) is 7.25. The third-order valence-corrected chi connectivity index (χ3v) is 5.14. The molecular weight excluding hydrogens is 334 g/mol. The summed E-state index contributed by atoms with van der Waals surface area (Å²) in [5, 5.41) is 5.74. The van der Waals surface area contributed by atoms with Gasteiger partial charge in [0, 0.05) is 14.9 Å². The topological polar surface area (TPSA) is 21.3 Å². The van der Waals surface area contributed by atoms with Crippen LogP contribution in [-0.4, -0.2) is 13.7 Å². The van der Waals surface area contributed by atoms with Crippen LogP contribution in [0.3, 0.4) is 0 Å². The number of rotatable bonds is 6. The smallest absolute Gasteiger partial charge is 0.124 e. The van der Waals surface area contributed by atoms with Gasteiger partial charge in [-0.2, -0.15) is 0 Å². The normalized spacial score (nSPS) is 12.4. The Balaban J connectivity index is 2.46. The number of methoxy groups -OCH3 is 1. The van der Waals surface area contributed by atoms with Crippen LogP contribution in [0.25, 0.3) is 0 Å². The van der Waals surface area contributed by atoms with Crippen molar-refractivity contribution in [3.05, 3.63) is 50.1 Å². The number of aryl methyl sites for hydroxylation is 1. The molecule has 20 heavy (non-hydrogen) atoms. The largest absolute Gasteiger partial charge is 0.496 e. The maximum Gasteiger partial charge on any atom is 0.124 e. The Labute approximate surface area is 133 Å². The summed E-state index contributed by atoms with van der Waals surface area (Å²) in [6, 6.07) is 8.61. The predicted octanol–water partition coefficient (Wildman–Crippen LogP) is 4.92. The highest BCUT2D eigenvalue weighted by Gasteiger charge is 2.21. The van der Waals surface area contributed by atoms with Crippen LogP contribution in [0.1, 0.15) is 35.4 Å². The van der Waals surface area contributed by atoms with Gasteiger partial charge in [-0.1, -0.05) is 24.6 Å². The van der Waals surface area contributed by atoms with E-state index in [1.165, 1.54) is 16.0 Å². The van der Waals surface area contributed by atoms with Gasteiger partial charge in [0.1, 0.15) is 5.75 Å². The molecule has 0 aliphatic heterocycles. The van der Waals surface area contributed by atoms with Crippen molar-refractivity contribution in [2.24, 2.45) is 0 Å². The molecular formula is C16H20BrNOS. The molecule has 2 aromatic rings. The van der Waals surface area contributed by atoms with E-state index in [0.29, 0.717) is 0 Å². The zero-order chi connectivity index (χ0) is 14.5. The summed E-state index contributed by atoms with van der Waals surface area (Å²) < 4.78 is 6.70. The summed E-state index contributed by atoms with van der Waals surface area (Å²) in [5.41, 5.74) is 2.45. The van der Waals surface area contributed by atoms with Gasteiger partial charge < -0.3 is 10.1 Å². The molecule has 1 aromatic heterocycles. The minimum Gasteiger partial charge on any atom is -0.496 e. The molecule has 1 atom stereocenters. The van der Waals surface area contributed by atoms with E-state index in [9.17, 15) is 0 Å². The van der Waals surface area contributed by atoms with Crippen molar-refractivity contribution in [3.63, 3.8) is 0 Å². The zero-order valence-electron chi connectivity index (χ0n) is 12.1. The van der Waals surface area contributed by atoms with E-state index in [0.717, 1.165) is 23.2 Å². The minimum absolute atomic E-state index is 0.166. The molecule has 0 amide bonds. The van der Waals surface area contributed by atoms with E-state index in [1.807, 2.05) is 6.07 Å². The Morgan fingerprint density at radius 2 is 2.15 bits per heavy atom. The maximum atomic E-state index is 5.55. The van der Waals surface area contributed by atoms with Crippen LogP contribution >= 0.6 is 27.3 Å². The number of benzene rings is 1. The standard InChI is InChI=1S/C16H20BrNOS/c1-4-8-18-15(16-13(17)7-9-20-16)12-10-11(2)5-6-14(12)19-3/h5-7,9-10,15,18H,4,8H2,1-3H3. The number of ether oxygens (including phenoxy) is 1. The minimum atomic E-state index is 0.166. The average Bonchev–Trinajstić information content (AvgIpc) is 2.86. The lowest BCUT2D eigenvalue weighted by molar-refractivity contribution is 0.404. The first-order chi connectivity index (χ1) is 9.67. The Morgan fingerprint density at radius 1 is 1.35 bits per heavy atom. The zero-order valence-corrected chi connectivity index (χ0v) is 14.5. The first kappa shape index (κ1) is 15.5. The van der Waals surface area contributed by atoms with E-state index in [-0.39, 0.29) is 6.04 Å². The van der Waals surface area contributed by atoms with Gasteiger partial charge in [0.15, 0.2) is 0 Å². The van der Waals surface area contributed by atoms with E-state index < -0.39 is 0 Å². The molecule has 1 N–H and O–H groups in total. The lowest BCUT2D eigenvalue weighted by Crippen LogP contribution is -2.23. The summed E-state index contributed by atoms with van der Waals surface area (Å²) in [7, 11) is 1.73. The molecule has 1 unspecified atom stereocenters. The van der Waals surface area contributed by atoms with Crippen molar-refractivity contribution in [2.75, 3.05) is 13.7 Å². The maximum absolute atomic E-state index is 5.55.